The number of phenolic OH excluding ortho intramolecular Hbond substituents is 1. The summed E-state index contributed by atoms with van der Waals surface area (Å²) in [6, 6.07) is 14.4. The van der Waals surface area contributed by atoms with Crippen LogP contribution in [0.1, 0.15) is 28.9 Å². The summed E-state index contributed by atoms with van der Waals surface area (Å²) >= 11 is 2.19. The van der Waals surface area contributed by atoms with Gasteiger partial charge in [0.1, 0.15) is 5.75 Å². The summed E-state index contributed by atoms with van der Waals surface area (Å²) in [5, 5.41) is 9.89. The number of benzene rings is 2. The van der Waals surface area contributed by atoms with Crippen LogP contribution in [0.3, 0.4) is 0 Å². The minimum atomic E-state index is -0.193. The Morgan fingerprint density at radius 3 is 2.55 bits per heavy atom. The number of rotatable bonds is 3. The van der Waals surface area contributed by atoms with E-state index in [0.29, 0.717) is 5.56 Å². The van der Waals surface area contributed by atoms with Gasteiger partial charge in [-0.05, 0) is 53.8 Å². The molecule has 1 amide bonds. The van der Waals surface area contributed by atoms with E-state index in [1.54, 1.807) is 30.1 Å². The molecule has 0 aliphatic rings. The molecule has 0 spiro atoms. The quantitative estimate of drug-likeness (QED) is 0.822. The smallest absolute Gasteiger partial charge is 0.254 e. The Balaban J connectivity index is 2.25. The first kappa shape index (κ1) is 14.8. The Bertz CT molecular complexity index is 627. The van der Waals surface area contributed by atoms with Gasteiger partial charge in [-0.3, -0.25) is 4.79 Å². The second-order valence-electron chi connectivity index (χ2n) is 4.66. The average Bonchev–Trinajstić information content (AvgIpc) is 2.45. The van der Waals surface area contributed by atoms with Crippen LogP contribution in [0.5, 0.6) is 5.75 Å². The fourth-order valence-electron chi connectivity index (χ4n) is 2.05. The van der Waals surface area contributed by atoms with Gasteiger partial charge < -0.3 is 10.0 Å². The van der Waals surface area contributed by atoms with E-state index in [1.165, 1.54) is 0 Å². The second-order valence-corrected chi connectivity index (χ2v) is 5.91. The van der Waals surface area contributed by atoms with E-state index < -0.39 is 0 Å². The summed E-state index contributed by atoms with van der Waals surface area (Å²) in [6.07, 6.45) is 0. The predicted molar refractivity (Wildman–Crippen MR) is 87.8 cm³/mol. The first-order valence-electron chi connectivity index (χ1n) is 6.31. The fraction of sp³-hybridized carbons (Fsp3) is 0.188. The normalized spacial score (nSPS) is 11.9. The number of nitrogens with zero attached hydrogens (tertiary/aromatic N) is 1. The first-order chi connectivity index (χ1) is 9.50. The maximum Gasteiger partial charge on any atom is 0.254 e. The van der Waals surface area contributed by atoms with Crippen molar-refractivity contribution < 1.29 is 9.90 Å². The number of carbonyl (C=O) groups is 1. The van der Waals surface area contributed by atoms with E-state index >= 15 is 0 Å². The number of carbonyl (C=O) groups excluding carboxylic acids is 1. The van der Waals surface area contributed by atoms with Crippen LogP contribution >= 0.6 is 22.6 Å². The van der Waals surface area contributed by atoms with E-state index in [4.69, 9.17) is 0 Å². The van der Waals surface area contributed by atoms with Gasteiger partial charge in [-0.25, -0.2) is 0 Å². The number of hydrogen-bond donors (Lipinski definition) is 1. The number of hydrogen-bond acceptors (Lipinski definition) is 2. The Labute approximate surface area is 132 Å². The molecule has 104 valence electrons. The van der Waals surface area contributed by atoms with Gasteiger partial charge in [-0.2, -0.15) is 0 Å². The van der Waals surface area contributed by atoms with Crippen LogP contribution < -0.4 is 0 Å². The maximum absolute atomic E-state index is 12.5. The van der Waals surface area contributed by atoms with Crippen LogP contribution in [0.15, 0.2) is 48.5 Å². The lowest BCUT2D eigenvalue weighted by atomic mass is 10.1. The second kappa shape index (κ2) is 6.26. The van der Waals surface area contributed by atoms with E-state index in [2.05, 4.69) is 22.6 Å². The van der Waals surface area contributed by atoms with Crippen molar-refractivity contribution in [3.05, 3.63) is 63.2 Å². The SMILES string of the molecule is CC(c1ccccc1O)N(C)C(=O)c1cccc(I)c1. The highest BCUT2D eigenvalue weighted by Gasteiger charge is 2.20. The largest absolute Gasteiger partial charge is 0.508 e. The average molecular weight is 381 g/mol. The molecule has 0 fully saturated rings. The number of para-hydroxylation sites is 1. The van der Waals surface area contributed by atoms with Crippen molar-refractivity contribution in [2.75, 3.05) is 7.05 Å². The Morgan fingerprint density at radius 1 is 1.20 bits per heavy atom. The molecular weight excluding hydrogens is 365 g/mol. The molecule has 1 N–H and O–H groups in total. The van der Waals surface area contributed by atoms with Gasteiger partial charge in [0.05, 0.1) is 6.04 Å². The summed E-state index contributed by atoms with van der Waals surface area (Å²) in [7, 11) is 1.75. The third-order valence-corrected chi connectivity index (χ3v) is 4.03. The predicted octanol–water partition coefficient (Wildman–Crippen LogP) is 3.83. The molecule has 3 nitrogen and oxygen atoms in total. The summed E-state index contributed by atoms with van der Waals surface area (Å²) in [4.78, 5) is 14.1. The molecule has 1 unspecified atom stereocenters. The lowest BCUT2D eigenvalue weighted by Gasteiger charge is -2.26. The Morgan fingerprint density at radius 2 is 1.90 bits per heavy atom. The van der Waals surface area contributed by atoms with E-state index in [1.807, 2.05) is 37.3 Å². The molecule has 4 heteroatoms. The fourth-order valence-corrected chi connectivity index (χ4v) is 2.59. The topological polar surface area (TPSA) is 40.5 Å². The third kappa shape index (κ3) is 3.12. The molecule has 2 rings (SSSR count). The Hall–Kier alpha value is -1.56. The first-order valence-corrected chi connectivity index (χ1v) is 7.39. The highest BCUT2D eigenvalue weighted by molar-refractivity contribution is 14.1. The van der Waals surface area contributed by atoms with Crippen molar-refractivity contribution in [3.63, 3.8) is 0 Å². The lowest BCUT2D eigenvalue weighted by molar-refractivity contribution is 0.0741. The minimum absolute atomic E-state index is 0.0562. The summed E-state index contributed by atoms with van der Waals surface area (Å²) in [5.41, 5.74) is 1.40. The van der Waals surface area contributed by atoms with Gasteiger partial charge in [0, 0.05) is 21.7 Å². The maximum atomic E-state index is 12.5. The highest BCUT2D eigenvalue weighted by Crippen LogP contribution is 2.28. The van der Waals surface area contributed by atoms with Crippen LogP contribution in [0.4, 0.5) is 0 Å². The molecule has 0 radical (unpaired) electrons. The van der Waals surface area contributed by atoms with Gasteiger partial charge in [0.25, 0.3) is 5.91 Å². The summed E-state index contributed by atoms with van der Waals surface area (Å²) in [5.74, 6) is 0.154. The van der Waals surface area contributed by atoms with E-state index in [0.717, 1.165) is 9.13 Å². The van der Waals surface area contributed by atoms with Crippen LogP contribution in [0.2, 0.25) is 0 Å². The Kier molecular flexibility index (Phi) is 4.65. The summed E-state index contributed by atoms with van der Waals surface area (Å²) in [6.45, 7) is 1.90. The molecule has 0 saturated carbocycles. The molecule has 2 aromatic rings. The zero-order valence-corrected chi connectivity index (χ0v) is 13.5. The van der Waals surface area contributed by atoms with Crippen molar-refractivity contribution in [3.8, 4) is 5.75 Å². The standard InChI is InChI=1S/C16H16INO2/c1-11(14-8-3-4-9-15(14)19)18(2)16(20)12-6-5-7-13(17)10-12/h3-11,19H,1-2H3. The van der Waals surface area contributed by atoms with Gasteiger partial charge in [-0.1, -0.05) is 24.3 Å². The van der Waals surface area contributed by atoms with Crippen molar-refractivity contribution in [1.82, 2.24) is 4.90 Å². The molecule has 20 heavy (non-hydrogen) atoms. The van der Waals surface area contributed by atoms with Crippen molar-refractivity contribution in [2.45, 2.75) is 13.0 Å². The molecule has 0 bridgehead atoms. The molecule has 0 aromatic heterocycles. The van der Waals surface area contributed by atoms with Gasteiger partial charge in [0.2, 0.25) is 0 Å². The third-order valence-electron chi connectivity index (χ3n) is 3.36. The van der Waals surface area contributed by atoms with Crippen LogP contribution in [-0.2, 0) is 0 Å². The zero-order chi connectivity index (χ0) is 14.7. The van der Waals surface area contributed by atoms with Crippen molar-refractivity contribution >= 4 is 28.5 Å². The van der Waals surface area contributed by atoms with Crippen molar-refractivity contribution in [2.24, 2.45) is 0 Å². The zero-order valence-electron chi connectivity index (χ0n) is 11.4. The number of phenols is 1. The minimum Gasteiger partial charge on any atom is -0.508 e. The number of halogens is 1. The van der Waals surface area contributed by atoms with Crippen LogP contribution in [0.25, 0.3) is 0 Å². The number of amides is 1. The molecule has 0 aliphatic heterocycles. The molecular formula is C16H16INO2. The highest BCUT2D eigenvalue weighted by atomic mass is 127. The van der Waals surface area contributed by atoms with Gasteiger partial charge in [0.15, 0.2) is 0 Å². The molecule has 0 heterocycles. The molecule has 2 aromatic carbocycles. The van der Waals surface area contributed by atoms with Gasteiger partial charge >= 0.3 is 0 Å². The summed E-state index contributed by atoms with van der Waals surface area (Å²) < 4.78 is 1.03. The van der Waals surface area contributed by atoms with Gasteiger partial charge in [-0.15, -0.1) is 0 Å². The molecule has 0 aliphatic carbocycles. The lowest BCUT2D eigenvalue weighted by Crippen LogP contribution is -2.29. The van der Waals surface area contributed by atoms with E-state index in [-0.39, 0.29) is 17.7 Å². The number of aromatic hydroxyl groups is 1. The molecule has 1 atom stereocenters. The van der Waals surface area contributed by atoms with Crippen LogP contribution in [0, 0.1) is 3.57 Å². The monoisotopic (exact) mass is 381 g/mol. The van der Waals surface area contributed by atoms with Crippen molar-refractivity contribution in [1.29, 1.82) is 0 Å². The molecule has 0 saturated heterocycles. The van der Waals surface area contributed by atoms with E-state index in [9.17, 15) is 9.90 Å². The van der Waals surface area contributed by atoms with Crippen LogP contribution in [-0.4, -0.2) is 23.0 Å².